The van der Waals surface area contributed by atoms with Gasteiger partial charge in [-0.15, -0.1) is 0 Å². The zero-order valence-corrected chi connectivity index (χ0v) is 36.3. The Morgan fingerprint density at radius 1 is 0.296 bits per heavy atom. The zero-order chi connectivity index (χ0) is 50.0. The van der Waals surface area contributed by atoms with Crippen LogP contribution in [0.5, 0.6) is 0 Å². The molecular formula is C56H31F12N3. The number of nitrogens with zero attached hydrogens (tertiary/aromatic N) is 3. The maximum atomic E-state index is 14.1. The number of hydrogen-bond acceptors (Lipinski definition) is 2. The number of hydrogen-bond donors (Lipinski definition) is 0. The minimum absolute atomic E-state index is 0.00273. The predicted octanol–water partition coefficient (Wildman–Crippen LogP) is 17.7. The Hall–Kier alpha value is -8.20. The van der Waals surface area contributed by atoms with Crippen molar-refractivity contribution in [3.63, 3.8) is 0 Å². The van der Waals surface area contributed by atoms with E-state index in [2.05, 4.69) is 0 Å². The summed E-state index contributed by atoms with van der Waals surface area (Å²) >= 11 is 0. The highest BCUT2D eigenvalue weighted by Gasteiger charge is 2.37. The summed E-state index contributed by atoms with van der Waals surface area (Å²) in [5.41, 5.74) is -0.501. The molecule has 354 valence electrons. The van der Waals surface area contributed by atoms with Gasteiger partial charge in [-0.25, -0.2) is 9.97 Å². The highest BCUT2D eigenvalue weighted by atomic mass is 19.4. The molecule has 0 fully saturated rings. The van der Waals surface area contributed by atoms with Crippen LogP contribution in [0.25, 0.3) is 94.8 Å². The third-order valence-electron chi connectivity index (χ3n) is 12.1. The van der Waals surface area contributed by atoms with Crippen molar-refractivity contribution in [2.45, 2.75) is 24.7 Å². The van der Waals surface area contributed by atoms with Crippen LogP contribution in [0.3, 0.4) is 0 Å². The second-order valence-corrected chi connectivity index (χ2v) is 16.6. The first-order valence-electron chi connectivity index (χ1n) is 21.6. The Bertz CT molecular complexity index is 3440. The summed E-state index contributed by atoms with van der Waals surface area (Å²) in [4.78, 5) is 9.96. The van der Waals surface area contributed by atoms with E-state index in [0.29, 0.717) is 50.9 Å². The van der Waals surface area contributed by atoms with Crippen molar-refractivity contribution < 1.29 is 52.7 Å². The second kappa shape index (κ2) is 17.3. The standard InChI is InChI=1S/C56H31F12N3/c57-53(58,59)39-20-15-32(16-21-39)44-28-38(52-69-47(34-9-3-1-4-10-34)31-48(70-52)35-11-5-2-6-12-35)29-45(33-17-22-40(23-18-33)54(60,61)62)51(44)71-49-14-8-7-13-43(49)46-27-36(19-24-50(46)71)37-25-41(55(63,64)65)30-42(26-37)56(66,67)68/h1-31H. The van der Waals surface area contributed by atoms with E-state index >= 15 is 0 Å². The van der Waals surface area contributed by atoms with Crippen molar-refractivity contribution in [1.82, 2.24) is 14.5 Å². The monoisotopic (exact) mass is 973 g/mol. The normalized spacial score (nSPS) is 12.5. The number of alkyl halides is 12. The first kappa shape index (κ1) is 46.5. The van der Waals surface area contributed by atoms with Gasteiger partial charge in [-0.2, -0.15) is 52.7 Å². The van der Waals surface area contributed by atoms with Crippen molar-refractivity contribution >= 4 is 21.8 Å². The minimum atomic E-state index is -5.12. The quantitative estimate of drug-likeness (QED) is 0.149. The molecule has 10 aromatic rings. The highest BCUT2D eigenvalue weighted by molar-refractivity contribution is 6.12. The molecule has 10 rings (SSSR count). The van der Waals surface area contributed by atoms with Gasteiger partial charge in [0.25, 0.3) is 0 Å². The molecule has 2 heterocycles. The Morgan fingerprint density at radius 3 is 1.18 bits per heavy atom. The molecule has 0 saturated carbocycles. The van der Waals surface area contributed by atoms with Gasteiger partial charge in [-0.1, -0.05) is 109 Å². The Kier molecular flexibility index (Phi) is 11.4. The molecule has 0 aliphatic heterocycles. The zero-order valence-electron chi connectivity index (χ0n) is 36.3. The smallest absolute Gasteiger partial charge is 0.308 e. The Labute approximate surface area is 395 Å². The van der Waals surface area contributed by atoms with Crippen LogP contribution >= 0.6 is 0 Å². The molecule has 0 amide bonds. The van der Waals surface area contributed by atoms with Crippen LogP contribution < -0.4 is 0 Å². The molecule has 0 atom stereocenters. The third-order valence-corrected chi connectivity index (χ3v) is 12.1. The van der Waals surface area contributed by atoms with Gasteiger partial charge in [0, 0.05) is 38.6 Å². The maximum Gasteiger partial charge on any atom is 0.416 e. The van der Waals surface area contributed by atoms with Crippen molar-refractivity contribution in [2.75, 3.05) is 0 Å². The molecule has 0 saturated heterocycles. The number of benzene rings is 8. The average molecular weight is 974 g/mol. The van der Waals surface area contributed by atoms with E-state index in [9.17, 15) is 52.7 Å². The van der Waals surface area contributed by atoms with Crippen LogP contribution in [0.4, 0.5) is 52.7 Å². The number of rotatable bonds is 7. The molecule has 15 heteroatoms. The van der Waals surface area contributed by atoms with Crippen LogP contribution in [0.15, 0.2) is 188 Å². The molecule has 2 aromatic heterocycles. The maximum absolute atomic E-state index is 14.1. The van der Waals surface area contributed by atoms with Gasteiger partial charge in [0.05, 0.1) is 50.4 Å². The van der Waals surface area contributed by atoms with Crippen LogP contribution in [0, 0.1) is 0 Å². The van der Waals surface area contributed by atoms with E-state index in [1.54, 1.807) is 47.0 Å². The van der Waals surface area contributed by atoms with Crippen molar-refractivity contribution in [1.29, 1.82) is 0 Å². The lowest BCUT2D eigenvalue weighted by Crippen LogP contribution is -2.11. The second-order valence-electron chi connectivity index (χ2n) is 16.6. The van der Waals surface area contributed by atoms with Crippen molar-refractivity contribution in [3.8, 4) is 73.0 Å². The molecule has 71 heavy (non-hydrogen) atoms. The molecule has 0 N–H and O–H groups in total. The lowest BCUT2D eigenvalue weighted by Gasteiger charge is -2.22. The molecule has 0 spiro atoms. The van der Waals surface area contributed by atoms with E-state index < -0.39 is 47.0 Å². The largest absolute Gasteiger partial charge is 0.416 e. The van der Waals surface area contributed by atoms with Crippen LogP contribution in [0.2, 0.25) is 0 Å². The van der Waals surface area contributed by atoms with Crippen molar-refractivity contribution in [2.24, 2.45) is 0 Å². The molecule has 3 nitrogen and oxygen atoms in total. The van der Waals surface area contributed by atoms with Gasteiger partial charge >= 0.3 is 24.7 Å². The summed E-state index contributed by atoms with van der Waals surface area (Å²) in [5.74, 6) is 0.157. The fourth-order valence-electron chi connectivity index (χ4n) is 8.73. The van der Waals surface area contributed by atoms with Crippen LogP contribution in [-0.4, -0.2) is 14.5 Å². The molecular weight excluding hydrogens is 943 g/mol. The predicted molar refractivity (Wildman–Crippen MR) is 249 cm³/mol. The van der Waals surface area contributed by atoms with Gasteiger partial charge < -0.3 is 4.57 Å². The number of halogens is 12. The Balaban J connectivity index is 1.30. The van der Waals surface area contributed by atoms with Gasteiger partial charge in [0.15, 0.2) is 5.82 Å². The first-order valence-corrected chi connectivity index (χ1v) is 21.6. The average Bonchev–Trinajstić information content (AvgIpc) is 3.68. The summed E-state index contributed by atoms with van der Waals surface area (Å²) in [6.07, 6.45) is -19.7. The fraction of sp³-hybridized carbons (Fsp3) is 0.0714. The summed E-state index contributed by atoms with van der Waals surface area (Å²) < 4.78 is 171. The number of fused-ring (bicyclic) bond motifs is 3. The van der Waals surface area contributed by atoms with E-state index in [1.807, 2.05) is 60.7 Å². The van der Waals surface area contributed by atoms with Crippen LogP contribution in [-0.2, 0) is 24.7 Å². The van der Waals surface area contributed by atoms with Crippen molar-refractivity contribution in [3.05, 3.63) is 210 Å². The summed E-state index contributed by atoms with van der Waals surface area (Å²) in [5, 5.41) is 0.830. The lowest BCUT2D eigenvalue weighted by atomic mass is 9.91. The van der Waals surface area contributed by atoms with E-state index in [0.717, 1.165) is 35.4 Å². The molecule has 8 aromatic carbocycles. The molecule has 0 radical (unpaired) electrons. The lowest BCUT2D eigenvalue weighted by molar-refractivity contribution is -0.143. The van der Waals surface area contributed by atoms with Gasteiger partial charge in [0.2, 0.25) is 0 Å². The highest BCUT2D eigenvalue weighted by Crippen LogP contribution is 2.47. The fourth-order valence-corrected chi connectivity index (χ4v) is 8.73. The SMILES string of the molecule is FC(F)(F)c1ccc(-c2cc(-c3nc(-c4ccccc4)cc(-c4ccccc4)n3)cc(-c3ccc(C(F)(F)F)cc3)c2-n2c3ccccc3c3cc(-c4cc(C(F)(F)F)cc(C(F)(F)F)c4)ccc32)cc1. The Morgan fingerprint density at radius 2 is 0.718 bits per heavy atom. The molecule has 0 aliphatic rings. The van der Waals surface area contributed by atoms with Gasteiger partial charge in [-0.05, 0) is 101 Å². The summed E-state index contributed by atoms with van der Waals surface area (Å²) in [6, 6.07) is 44.4. The number of aromatic nitrogens is 3. The van der Waals surface area contributed by atoms with Crippen LogP contribution in [0.1, 0.15) is 22.3 Å². The van der Waals surface area contributed by atoms with E-state index in [1.165, 1.54) is 42.5 Å². The molecule has 0 unspecified atom stereocenters. The third kappa shape index (κ3) is 9.10. The van der Waals surface area contributed by atoms with Gasteiger partial charge in [-0.3, -0.25) is 0 Å². The number of para-hydroxylation sites is 1. The van der Waals surface area contributed by atoms with Gasteiger partial charge in [0.1, 0.15) is 0 Å². The van der Waals surface area contributed by atoms with E-state index in [-0.39, 0.29) is 51.0 Å². The topological polar surface area (TPSA) is 30.7 Å². The first-order chi connectivity index (χ1) is 33.7. The molecule has 0 aliphatic carbocycles. The van der Waals surface area contributed by atoms with E-state index in [4.69, 9.17) is 9.97 Å². The summed E-state index contributed by atoms with van der Waals surface area (Å²) in [6.45, 7) is 0. The summed E-state index contributed by atoms with van der Waals surface area (Å²) in [7, 11) is 0. The minimum Gasteiger partial charge on any atom is -0.308 e. The molecule has 0 bridgehead atoms.